The zero-order valence-electron chi connectivity index (χ0n) is 13.9. The number of ether oxygens (including phenoxy) is 2. The van der Waals surface area contributed by atoms with E-state index in [4.69, 9.17) is 20.5 Å². The van der Waals surface area contributed by atoms with E-state index in [9.17, 15) is 0 Å². The van der Waals surface area contributed by atoms with Gasteiger partial charge < -0.3 is 15.2 Å². The number of aryl methyl sites for hydroxylation is 1. The Hall–Kier alpha value is -3.01. The van der Waals surface area contributed by atoms with E-state index in [2.05, 4.69) is 16.2 Å². The molecule has 0 aliphatic heterocycles. The number of nitrogens with zero attached hydrogens (tertiary/aromatic N) is 4. The third kappa shape index (κ3) is 4.49. The Labute approximate surface area is 141 Å². The van der Waals surface area contributed by atoms with Gasteiger partial charge in [-0.15, -0.1) is 0 Å². The number of para-hydroxylation sites is 1. The lowest BCUT2D eigenvalue weighted by Crippen LogP contribution is -2.03. The molecular weight excluding hydrogens is 306 g/mol. The van der Waals surface area contributed by atoms with Gasteiger partial charge in [0.15, 0.2) is 11.5 Å². The molecule has 24 heavy (non-hydrogen) atoms. The molecule has 2 rings (SSSR count). The molecule has 0 unspecified atom stereocenters. The van der Waals surface area contributed by atoms with Gasteiger partial charge in [0.25, 0.3) is 0 Å². The quantitative estimate of drug-likeness (QED) is 0.594. The minimum Gasteiger partial charge on any atom is -0.493 e. The number of nitrogen functional groups attached to an aromatic ring is 1. The second kappa shape index (κ2) is 8.58. The predicted molar refractivity (Wildman–Crippen MR) is 92.3 cm³/mol. The van der Waals surface area contributed by atoms with Gasteiger partial charge in [-0.25, -0.2) is 9.66 Å². The van der Waals surface area contributed by atoms with Gasteiger partial charge >= 0.3 is 0 Å². The van der Waals surface area contributed by atoms with E-state index in [-0.39, 0.29) is 0 Å². The van der Waals surface area contributed by atoms with Crippen LogP contribution in [0.5, 0.6) is 11.5 Å². The number of nitriles is 1. The van der Waals surface area contributed by atoms with Crippen molar-refractivity contribution in [3.63, 3.8) is 0 Å². The van der Waals surface area contributed by atoms with Crippen molar-refractivity contribution in [3.8, 4) is 17.6 Å². The molecule has 0 saturated heterocycles. The normalized spacial score (nSPS) is 10.7. The number of nitrogens with two attached hydrogens (primary N) is 1. The van der Waals surface area contributed by atoms with Crippen molar-refractivity contribution in [1.82, 2.24) is 9.66 Å². The van der Waals surface area contributed by atoms with E-state index in [0.717, 1.165) is 24.1 Å². The van der Waals surface area contributed by atoms with Crippen molar-refractivity contribution in [3.05, 3.63) is 35.7 Å². The van der Waals surface area contributed by atoms with Crippen molar-refractivity contribution >= 4 is 12.2 Å². The summed E-state index contributed by atoms with van der Waals surface area (Å²) in [6, 6.07) is 7.71. The zero-order valence-corrected chi connectivity index (χ0v) is 13.9. The Morgan fingerprint density at radius 3 is 2.92 bits per heavy atom. The fourth-order valence-corrected chi connectivity index (χ4v) is 2.15. The molecule has 0 aliphatic rings. The molecule has 1 aromatic carbocycles. The minimum absolute atomic E-state index is 0.325. The molecule has 0 fully saturated rings. The summed E-state index contributed by atoms with van der Waals surface area (Å²) in [6.07, 6.45) is 5.54. The van der Waals surface area contributed by atoms with Crippen LogP contribution in [0.1, 0.15) is 30.5 Å². The van der Waals surface area contributed by atoms with Gasteiger partial charge in [0.05, 0.1) is 37.9 Å². The van der Waals surface area contributed by atoms with Gasteiger partial charge in [-0.05, 0) is 31.9 Å². The van der Waals surface area contributed by atoms with Crippen molar-refractivity contribution in [1.29, 1.82) is 5.26 Å². The number of benzene rings is 1. The number of methoxy groups -OCH3 is 1. The summed E-state index contributed by atoms with van der Waals surface area (Å²) in [5.74, 6) is 1.58. The molecule has 1 heterocycles. The van der Waals surface area contributed by atoms with E-state index in [1.54, 1.807) is 19.5 Å². The lowest BCUT2D eigenvalue weighted by atomic mass is 10.2. The highest BCUT2D eigenvalue weighted by atomic mass is 16.5. The average Bonchev–Trinajstić information content (AvgIpc) is 2.90. The van der Waals surface area contributed by atoms with Crippen LogP contribution < -0.4 is 15.2 Å². The van der Waals surface area contributed by atoms with Gasteiger partial charge in [-0.2, -0.15) is 10.4 Å². The van der Waals surface area contributed by atoms with Crippen LogP contribution in [0.3, 0.4) is 0 Å². The summed E-state index contributed by atoms with van der Waals surface area (Å²) in [5.41, 5.74) is 7.36. The van der Waals surface area contributed by atoms with Gasteiger partial charge in [0, 0.05) is 12.0 Å². The number of rotatable bonds is 8. The van der Waals surface area contributed by atoms with Gasteiger partial charge in [0.2, 0.25) is 5.95 Å². The highest BCUT2D eigenvalue weighted by Gasteiger charge is 2.09. The van der Waals surface area contributed by atoms with Gasteiger partial charge in [-0.1, -0.05) is 6.07 Å². The largest absolute Gasteiger partial charge is 0.493 e. The molecule has 0 spiro atoms. The van der Waals surface area contributed by atoms with Crippen LogP contribution in [-0.4, -0.2) is 29.6 Å². The molecule has 7 heteroatoms. The van der Waals surface area contributed by atoms with Crippen LogP contribution in [0, 0.1) is 18.3 Å². The Morgan fingerprint density at radius 2 is 2.25 bits per heavy atom. The minimum atomic E-state index is 0.325. The molecule has 0 aliphatic carbocycles. The number of aromatic nitrogens is 2. The first-order valence-electron chi connectivity index (χ1n) is 7.68. The maximum atomic E-state index is 8.57. The Kier molecular flexibility index (Phi) is 6.20. The van der Waals surface area contributed by atoms with Crippen molar-refractivity contribution in [2.24, 2.45) is 5.10 Å². The number of imidazole rings is 1. The van der Waals surface area contributed by atoms with Crippen molar-refractivity contribution < 1.29 is 9.47 Å². The van der Waals surface area contributed by atoms with E-state index in [1.165, 1.54) is 4.68 Å². The first kappa shape index (κ1) is 17.3. The third-order valence-corrected chi connectivity index (χ3v) is 3.31. The number of hydrogen-bond acceptors (Lipinski definition) is 6. The lowest BCUT2D eigenvalue weighted by Gasteiger charge is -2.12. The van der Waals surface area contributed by atoms with E-state index in [1.807, 2.05) is 25.1 Å². The molecule has 0 amide bonds. The van der Waals surface area contributed by atoms with Crippen LogP contribution >= 0.6 is 0 Å². The number of hydrogen-bond donors (Lipinski definition) is 1. The van der Waals surface area contributed by atoms with Gasteiger partial charge in [0.1, 0.15) is 0 Å². The van der Waals surface area contributed by atoms with Gasteiger partial charge in [-0.3, -0.25) is 0 Å². The Morgan fingerprint density at radius 1 is 1.42 bits per heavy atom. The fraction of sp³-hybridized carbons (Fsp3) is 0.353. The molecule has 2 N–H and O–H groups in total. The lowest BCUT2D eigenvalue weighted by molar-refractivity contribution is 0.286. The maximum absolute atomic E-state index is 8.57. The Bertz CT molecular complexity index is 746. The summed E-state index contributed by atoms with van der Waals surface area (Å²) >= 11 is 0. The zero-order chi connectivity index (χ0) is 17.4. The standard InChI is InChI=1S/C17H21N5O2/c1-13-12-22(17(19)21-13)20-11-14-7-6-8-15(23-2)16(14)24-10-5-3-4-9-18/h6-8,11-12H,3-5,10H2,1-2H3,(H2,19,21). The third-order valence-electron chi connectivity index (χ3n) is 3.31. The SMILES string of the molecule is COc1cccc(C=Nn2cc(C)nc2N)c1OCCCCC#N. The second-order valence-corrected chi connectivity index (χ2v) is 5.17. The number of unbranched alkanes of at least 4 members (excludes halogenated alkanes) is 2. The monoisotopic (exact) mass is 327 g/mol. The van der Waals surface area contributed by atoms with Crippen LogP contribution in [0.15, 0.2) is 29.5 Å². The maximum Gasteiger partial charge on any atom is 0.221 e. The fourth-order valence-electron chi connectivity index (χ4n) is 2.15. The van der Waals surface area contributed by atoms with Crippen molar-refractivity contribution in [2.45, 2.75) is 26.2 Å². The van der Waals surface area contributed by atoms with E-state index >= 15 is 0 Å². The molecule has 0 radical (unpaired) electrons. The summed E-state index contributed by atoms with van der Waals surface area (Å²) in [4.78, 5) is 4.10. The number of anilines is 1. The Balaban J connectivity index is 2.16. The molecule has 0 saturated carbocycles. The predicted octanol–water partition coefficient (Wildman–Crippen LogP) is 2.74. The van der Waals surface area contributed by atoms with Crippen molar-refractivity contribution in [2.75, 3.05) is 19.5 Å². The van der Waals surface area contributed by atoms with Crippen LogP contribution in [0.2, 0.25) is 0 Å². The summed E-state index contributed by atoms with van der Waals surface area (Å²) in [5, 5.41) is 12.9. The molecule has 126 valence electrons. The summed E-state index contributed by atoms with van der Waals surface area (Å²) in [6.45, 7) is 2.36. The highest BCUT2D eigenvalue weighted by molar-refractivity contribution is 5.85. The topological polar surface area (TPSA) is 98.4 Å². The van der Waals surface area contributed by atoms with E-state index in [0.29, 0.717) is 30.5 Å². The summed E-state index contributed by atoms with van der Waals surface area (Å²) < 4.78 is 12.7. The van der Waals surface area contributed by atoms with Crippen LogP contribution in [0.4, 0.5) is 5.95 Å². The van der Waals surface area contributed by atoms with Crippen LogP contribution in [0.25, 0.3) is 0 Å². The van der Waals surface area contributed by atoms with Crippen LogP contribution in [-0.2, 0) is 0 Å². The molecule has 2 aromatic rings. The van der Waals surface area contributed by atoms with E-state index < -0.39 is 0 Å². The molecule has 7 nitrogen and oxygen atoms in total. The first-order valence-corrected chi connectivity index (χ1v) is 7.68. The second-order valence-electron chi connectivity index (χ2n) is 5.17. The summed E-state index contributed by atoms with van der Waals surface area (Å²) in [7, 11) is 1.59. The first-order chi connectivity index (χ1) is 11.7. The average molecular weight is 327 g/mol. The molecule has 0 bridgehead atoms. The molecule has 0 atom stereocenters. The smallest absolute Gasteiger partial charge is 0.221 e. The molecular formula is C17H21N5O2. The highest BCUT2D eigenvalue weighted by Crippen LogP contribution is 2.30. The molecule has 1 aromatic heterocycles.